The summed E-state index contributed by atoms with van der Waals surface area (Å²) in [4.78, 5) is 33.7. The molecule has 178 valence electrons. The van der Waals surface area contributed by atoms with Gasteiger partial charge in [-0.15, -0.1) is 0 Å². The fourth-order valence-electron chi connectivity index (χ4n) is 4.30. The van der Waals surface area contributed by atoms with Gasteiger partial charge in [0.2, 0.25) is 0 Å². The number of hydrogen-bond donors (Lipinski definition) is 2. The molecular formula is C26H24N4O5. The number of carbonyl (C=O) groups excluding carboxylic acids is 1. The predicted octanol–water partition coefficient (Wildman–Crippen LogP) is 3.87. The number of nitrogens with zero attached hydrogens (tertiary/aromatic N) is 2. The quantitative estimate of drug-likeness (QED) is 0.319. The lowest BCUT2D eigenvalue weighted by molar-refractivity contribution is 0.0277. The number of hydrogen-bond acceptors (Lipinski definition) is 9. The Hall–Kier alpha value is -4.08. The van der Waals surface area contributed by atoms with E-state index in [0.717, 1.165) is 12.1 Å². The molecule has 0 bridgehead atoms. The Labute approximate surface area is 201 Å². The van der Waals surface area contributed by atoms with Crippen LogP contribution in [-0.4, -0.2) is 42.6 Å². The van der Waals surface area contributed by atoms with Crippen LogP contribution in [0.3, 0.4) is 0 Å². The Balaban J connectivity index is 1.53. The minimum atomic E-state index is -0.674. The molecule has 0 aliphatic carbocycles. The van der Waals surface area contributed by atoms with Crippen LogP contribution >= 0.6 is 0 Å². The van der Waals surface area contributed by atoms with Crippen molar-refractivity contribution in [3.8, 4) is 17.0 Å². The molecule has 9 nitrogen and oxygen atoms in total. The topological polar surface area (TPSA) is 116 Å². The predicted molar refractivity (Wildman–Crippen MR) is 131 cm³/mol. The van der Waals surface area contributed by atoms with Crippen molar-refractivity contribution in [2.75, 3.05) is 32.1 Å². The minimum Gasteiger partial charge on any atom is -0.496 e. The van der Waals surface area contributed by atoms with Gasteiger partial charge in [-0.25, -0.2) is 14.8 Å². The normalized spacial score (nSPS) is 15.7. The summed E-state index contributed by atoms with van der Waals surface area (Å²) < 4.78 is 16.9. The molecule has 1 saturated heterocycles. The molecule has 4 aromatic rings. The number of para-hydroxylation sites is 1. The molecule has 0 spiro atoms. The van der Waals surface area contributed by atoms with Crippen LogP contribution in [0.4, 0.5) is 11.5 Å². The number of fused-ring (bicyclic) bond motifs is 1. The van der Waals surface area contributed by atoms with Gasteiger partial charge in [0, 0.05) is 47.4 Å². The molecule has 1 atom stereocenters. The van der Waals surface area contributed by atoms with Crippen molar-refractivity contribution in [2.24, 2.45) is 0 Å². The first kappa shape index (κ1) is 22.7. The third kappa shape index (κ3) is 4.51. The molecule has 2 aromatic heterocycles. The van der Waals surface area contributed by atoms with E-state index in [9.17, 15) is 9.59 Å². The van der Waals surface area contributed by atoms with Crippen LogP contribution in [0.15, 0.2) is 64.1 Å². The van der Waals surface area contributed by atoms with Gasteiger partial charge >= 0.3 is 5.63 Å². The standard InChI is InChI=1S/C26H24N4O5/c1-15(31)24-25(22-13-27-9-10-34-22)18-8-7-16(11-21(18)35-26(24)32)30-23-12-19(28-14-29-23)17-5-3-4-6-20(17)33-2/h3-8,11-12,14,22,27H,9-10,13H2,1-2H3,(H,28,29,30). The molecule has 1 unspecified atom stereocenters. The SMILES string of the molecule is COc1ccccc1-c1cc(Nc2ccc3c(C4CNCCO4)c(C(C)=O)c(=O)oc3c2)ncn1. The van der Waals surface area contributed by atoms with Gasteiger partial charge in [-0.05, 0) is 31.2 Å². The number of nitrogens with one attached hydrogen (secondary N) is 2. The van der Waals surface area contributed by atoms with E-state index in [1.54, 1.807) is 13.2 Å². The van der Waals surface area contributed by atoms with Crippen LogP contribution in [0.5, 0.6) is 5.75 Å². The van der Waals surface area contributed by atoms with Crippen LogP contribution < -0.4 is 21.0 Å². The monoisotopic (exact) mass is 472 g/mol. The second kappa shape index (κ2) is 9.65. The second-order valence-electron chi connectivity index (χ2n) is 8.12. The van der Waals surface area contributed by atoms with Crippen LogP contribution in [0, 0.1) is 0 Å². The zero-order valence-corrected chi connectivity index (χ0v) is 19.3. The number of anilines is 2. The van der Waals surface area contributed by atoms with Crippen LogP contribution in [0.25, 0.3) is 22.2 Å². The Morgan fingerprint density at radius 3 is 2.80 bits per heavy atom. The fourth-order valence-corrected chi connectivity index (χ4v) is 4.30. The maximum Gasteiger partial charge on any atom is 0.347 e. The average Bonchev–Trinajstić information content (AvgIpc) is 2.88. The van der Waals surface area contributed by atoms with Crippen molar-refractivity contribution in [3.05, 3.63) is 76.4 Å². The van der Waals surface area contributed by atoms with Gasteiger partial charge in [0.05, 0.1) is 25.5 Å². The summed E-state index contributed by atoms with van der Waals surface area (Å²) in [5.41, 5.74) is 2.47. The molecule has 2 aromatic carbocycles. The van der Waals surface area contributed by atoms with E-state index in [2.05, 4.69) is 20.6 Å². The first-order chi connectivity index (χ1) is 17.0. The van der Waals surface area contributed by atoms with Crippen molar-refractivity contribution >= 4 is 28.3 Å². The van der Waals surface area contributed by atoms with Gasteiger partial charge < -0.3 is 24.5 Å². The lowest BCUT2D eigenvalue weighted by atomic mass is 9.96. The largest absolute Gasteiger partial charge is 0.496 e. The van der Waals surface area contributed by atoms with E-state index in [1.165, 1.54) is 13.3 Å². The van der Waals surface area contributed by atoms with Gasteiger partial charge in [0.1, 0.15) is 29.0 Å². The summed E-state index contributed by atoms with van der Waals surface area (Å²) in [7, 11) is 1.61. The third-order valence-electron chi connectivity index (χ3n) is 5.87. The molecule has 9 heteroatoms. The highest BCUT2D eigenvalue weighted by Gasteiger charge is 2.27. The van der Waals surface area contributed by atoms with E-state index < -0.39 is 11.7 Å². The van der Waals surface area contributed by atoms with Gasteiger partial charge in [0.15, 0.2) is 5.78 Å². The first-order valence-electron chi connectivity index (χ1n) is 11.2. The Morgan fingerprint density at radius 1 is 1.17 bits per heavy atom. The van der Waals surface area contributed by atoms with E-state index >= 15 is 0 Å². The summed E-state index contributed by atoms with van der Waals surface area (Å²) in [5.74, 6) is 0.915. The highest BCUT2D eigenvalue weighted by Crippen LogP contribution is 2.33. The van der Waals surface area contributed by atoms with Crippen molar-refractivity contribution in [3.63, 3.8) is 0 Å². The highest BCUT2D eigenvalue weighted by atomic mass is 16.5. The molecule has 3 heterocycles. The maximum absolute atomic E-state index is 12.8. The molecule has 1 aliphatic heterocycles. The molecule has 1 fully saturated rings. The number of methoxy groups -OCH3 is 1. The second-order valence-corrected chi connectivity index (χ2v) is 8.12. The number of aromatic nitrogens is 2. The smallest absolute Gasteiger partial charge is 0.347 e. The van der Waals surface area contributed by atoms with E-state index in [0.29, 0.717) is 52.6 Å². The van der Waals surface area contributed by atoms with Gasteiger partial charge in [-0.1, -0.05) is 12.1 Å². The first-order valence-corrected chi connectivity index (χ1v) is 11.2. The van der Waals surface area contributed by atoms with Crippen LogP contribution in [-0.2, 0) is 4.74 Å². The Kier molecular flexibility index (Phi) is 6.26. The van der Waals surface area contributed by atoms with Crippen molar-refractivity contribution in [1.29, 1.82) is 0 Å². The van der Waals surface area contributed by atoms with Gasteiger partial charge in [0.25, 0.3) is 0 Å². The van der Waals surface area contributed by atoms with Gasteiger partial charge in [-0.2, -0.15) is 0 Å². The van der Waals surface area contributed by atoms with Crippen LogP contribution in [0.2, 0.25) is 0 Å². The van der Waals surface area contributed by atoms with E-state index in [4.69, 9.17) is 13.9 Å². The molecule has 5 rings (SSSR count). The van der Waals surface area contributed by atoms with Crippen molar-refractivity contribution in [2.45, 2.75) is 13.0 Å². The molecule has 35 heavy (non-hydrogen) atoms. The number of benzene rings is 2. The van der Waals surface area contributed by atoms with E-state index in [1.807, 2.05) is 42.5 Å². The summed E-state index contributed by atoms with van der Waals surface area (Å²) in [6.07, 6.45) is 1.05. The number of carbonyl (C=O) groups is 1. The molecule has 2 N–H and O–H groups in total. The van der Waals surface area contributed by atoms with Crippen molar-refractivity contribution in [1.82, 2.24) is 15.3 Å². The Morgan fingerprint density at radius 2 is 2.03 bits per heavy atom. The number of ether oxygens (including phenoxy) is 2. The molecular weight excluding hydrogens is 448 g/mol. The van der Waals surface area contributed by atoms with Crippen molar-refractivity contribution < 1.29 is 18.7 Å². The number of Topliss-reactive ketones (excluding diaryl/α,β-unsaturated/α-hetero) is 1. The minimum absolute atomic E-state index is 0.0316. The molecule has 1 aliphatic rings. The van der Waals surface area contributed by atoms with E-state index in [-0.39, 0.29) is 11.3 Å². The zero-order chi connectivity index (χ0) is 24.4. The lowest BCUT2D eigenvalue weighted by Gasteiger charge is -2.26. The molecule has 0 radical (unpaired) electrons. The van der Waals surface area contributed by atoms with Crippen LogP contribution in [0.1, 0.15) is 28.9 Å². The molecule has 0 saturated carbocycles. The number of rotatable bonds is 6. The Bertz CT molecular complexity index is 1460. The lowest BCUT2D eigenvalue weighted by Crippen LogP contribution is -2.35. The zero-order valence-electron chi connectivity index (χ0n) is 19.3. The average molecular weight is 473 g/mol. The fraction of sp³-hybridized carbons (Fsp3) is 0.231. The van der Waals surface area contributed by atoms with Gasteiger partial charge in [-0.3, -0.25) is 4.79 Å². The highest BCUT2D eigenvalue weighted by molar-refractivity contribution is 6.00. The number of morpholine rings is 1. The maximum atomic E-state index is 12.8. The summed E-state index contributed by atoms with van der Waals surface area (Å²) in [6.45, 7) is 3.08. The molecule has 0 amide bonds. The third-order valence-corrected chi connectivity index (χ3v) is 5.87. The summed E-state index contributed by atoms with van der Waals surface area (Å²) in [5, 5.41) is 7.14. The summed E-state index contributed by atoms with van der Waals surface area (Å²) >= 11 is 0. The number of ketones is 1. The summed E-state index contributed by atoms with van der Waals surface area (Å²) in [6, 6.07) is 14.8.